The van der Waals surface area contributed by atoms with Crippen LogP contribution in [-0.4, -0.2) is 58.6 Å². The Morgan fingerprint density at radius 2 is 1.92 bits per heavy atom. The van der Waals surface area contributed by atoms with Crippen LogP contribution in [0, 0.1) is 0 Å². The van der Waals surface area contributed by atoms with Crippen molar-refractivity contribution < 1.29 is 4.79 Å². The van der Waals surface area contributed by atoms with Crippen molar-refractivity contribution in [2.75, 3.05) is 32.5 Å². The van der Waals surface area contributed by atoms with E-state index in [-0.39, 0.29) is 6.03 Å². The van der Waals surface area contributed by atoms with Crippen molar-refractivity contribution in [1.29, 1.82) is 0 Å². The zero-order valence-corrected chi connectivity index (χ0v) is 15.1. The van der Waals surface area contributed by atoms with Crippen LogP contribution in [0.15, 0.2) is 54.9 Å². The molecule has 1 fully saturated rings. The fourth-order valence-electron chi connectivity index (χ4n) is 3.42. The maximum Gasteiger partial charge on any atom is 0.321 e. The number of benzene rings is 2. The van der Waals surface area contributed by atoms with Crippen molar-refractivity contribution in [3.05, 3.63) is 54.9 Å². The molecule has 0 saturated carbocycles. The molecule has 1 aromatic heterocycles. The summed E-state index contributed by atoms with van der Waals surface area (Å²) in [6.45, 7) is 1.58. The number of anilines is 1. The standard InChI is InChI=1S/C20H23N5O/c1-23(2)17-11-12-24(13-17)20(26)22-15-7-9-16(10-8-15)25-14-21-18-5-3-4-6-19(18)25/h3-10,14,17H,11-13H2,1-2H3,(H,22,26)/t17-/m0/s1. The number of fused-ring (bicyclic) bond motifs is 1. The number of carbonyl (C=O) groups is 1. The molecular weight excluding hydrogens is 326 g/mol. The fourth-order valence-corrected chi connectivity index (χ4v) is 3.42. The third-order valence-corrected chi connectivity index (χ3v) is 5.03. The molecule has 0 radical (unpaired) electrons. The number of urea groups is 1. The van der Waals surface area contributed by atoms with Gasteiger partial charge in [-0.15, -0.1) is 0 Å². The van der Waals surface area contributed by atoms with Gasteiger partial charge >= 0.3 is 6.03 Å². The summed E-state index contributed by atoms with van der Waals surface area (Å²) < 4.78 is 2.04. The van der Waals surface area contributed by atoms with Gasteiger partial charge in [0.15, 0.2) is 0 Å². The van der Waals surface area contributed by atoms with Crippen LogP contribution in [0.2, 0.25) is 0 Å². The molecule has 6 nitrogen and oxygen atoms in total. The van der Waals surface area contributed by atoms with Crippen molar-refractivity contribution in [2.24, 2.45) is 0 Å². The number of hydrogen-bond acceptors (Lipinski definition) is 3. The molecule has 1 aliphatic rings. The third-order valence-electron chi connectivity index (χ3n) is 5.03. The normalized spacial score (nSPS) is 17.2. The first-order valence-corrected chi connectivity index (χ1v) is 8.87. The lowest BCUT2D eigenvalue weighted by atomic mass is 10.2. The van der Waals surface area contributed by atoms with Crippen molar-refractivity contribution in [1.82, 2.24) is 19.4 Å². The van der Waals surface area contributed by atoms with Gasteiger partial charge in [0.05, 0.1) is 11.0 Å². The summed E-state index contributed by atoms with van der Waals surface area (Å²) in [4.78, 5) is 20.9. The van der Waals surface area contributed by atoms with Crippen LogP contribution in [0.1, 0.15) is 6.42 Å². The van der Waals surface area contributed by atoms with Crippen LogP contribution >= 0.6 is 0 Å². The summed E-state index contributed by atoms with van der Waals surface area (Å²) in [5.74, 6) is 0. The number of rotatable bonds is 3. The molecule has 134 valence electrons. The predicted molar refractivity (Wildman–Crippen MR) is 104 cm³/mol. The fraction of sp³-hybridized carbons (Fsp3) is 0.300. The van der Waals surface area contributed by atoms with E-state index >= 15 is 0 Å². The van der Waals surface area contributed by atoms with Crippen LogP contribution in [0.4, 0.5) is 10.5 Å². The smallest absolute Gasteiger partial charge is 0.321 e. The zero-order chi connectivity index (χ0) is 18.1. The number of para-hydroxylation sites is 2. The van der Waals surface area contributed by atoms with Crippen molar-refractivity contribution >= 4 is 22.8 Å². The number of hydrogen-bond donors (Lipinski definition) is 1. The Morgan fingerprint density at radius 1 is 1.15 bits per heavy atom. The second-order valence-corrected chi connectivity index (χ2v) is 6.93. The Kier molecular flexibility index (Phi) is 4.34. The van der Waals surface area contributed by atoms with Gasteiger partial charge in [0.2, 0.25) is 0 Å². The lowest BCUT2D eigenvalue weighted by molar-refractivity contribution is 0.216. The molecule has 2 aromatic carbocycles. The number of imidazole rings is 1. The van der Waals surface area contributed by atoms with Gasteiger partial charge < -0.3 is 15.1 Å². The Bertz CT molecular complexity index is 915. The molecule has 6 heteroatoms. The Balaban J connectivity index is 1.46. The van der Waals surface area contributed by atoms with Gasteiger partial charge in [-0.25, -0.2) is 9.78 Å². The monoisotopic (exact) mass is 349 g/mol. The molecule has 2 heterocycles. The molecule has 0 bridgehead atoms. The quantitative estimate of drug-likeness (QED) is 0.790. The lowest BCUT2D eigenvalue weighted by Crippen LogP contribution is -2.36. The largest absolute Gasteiger partial charge is 0.323 e. The summed E-state index contributed by atoms with van der Waals surface area (Å²) >= 11 is 0. The summed E-state index contributed by atoms with van der Waals surface area (Å²) in [6, 6.07) is 16.3. The molecular formula is C20H23N5O. The van der Waals surface area contributed by atoms with Gasteiger partial charge in [0, 0.05) is 30.5 Å². The van der Waals surface area contributed by atoms with Crippen molar-refractivity contribution in [3.63, 3.8) is 0 Å². The van der Waals surface area contributed by atoms with Gasteiger partial charge in [0.25, 0.3) is 0 Å². The highest BCUT2D eigenvalue weighted by molar-refractivity contribution is 5.89. The lowest BCUT2D eigenvalue weighted by Gasteiger charge is -2.20. The first-order chi connectivity index (χ1) is 12.6. The van der Waals surface area contributed by atoms with E-state index in [1.54, 1.807) is 0 Å². The van der Waals surface area contributed by atoms with Crippen LogP contribution in [0.5, 0.6) is 0 Å². The van der Waals surface area contributed by atoms with E-state index in [1.165, 1.54) is 0 Å². The maximum absolute atomic E-state index is 12.5. The number of nitrogens with one attached hydrogen (secondary N) is 1. The molecule has 1 aliphatic heterocycles. The first kappa shape index (κ1) is 16.6. The van der Waals surface area contributed by atoms with Crippen molar-refractivity contribution in [2.45, 2.75) is 12.5 Å². The highest BCUT2D eigenvalue weighted by Crippen LogP contribution is 2.20. The minimum atomic E-state index is -0.0322. The van der Waals surface area contributed by atoms with Gasteiger partial charge in [-0.2, -0.15) is 0 Å². The Morgan fingerprint density at radius 3 is 2.65 bits per heavy atom. The molecule has 3 aromatic rings. The van der Waals surface area contributed by atoms with Gasteiger partial charge in [-0.3, -0.25) is 4.57 Å². The van der Waals surface area contributed by atoms with E-state index in [1.807, 2.05) is 64.3 Å². The molecule has 4 rings (SSSR count). The highest BCUT2D eigenvalue weighted by atomic mass is 16.2. The van der Waals surface area contributed by atoms with E-state index in [0.29, 0.717) is 6.04 Å². The van der Waals surface area contributed by atoms with Crippen LogP contribution in [-0.2, 0) is 0 Å². The molecule has 2 amide bonds. The van der Waals surface area contributed by atoms with Crippen LogP contribution in [0.25, 0.3) is 16.7 Å². The second kappa shape index (κ2) is 6.80. The van der Waals surface area contributed by atoms with Crippen LogP contribution in [0.3, 0.4) is 0 Å². The van der Waals surface area contributed by atoms with Gasteiger partial charge in [-0.1, -0.05) is 12.1 Å². The average Bonchev–Trinajstić information content (AvgIpc) is 3.30. The summed E-state index contributed by atoms with van der Waals surface area (Å²) in [5.41, 5.74) is 3.85. The molecule has 1 saturated heterocycles. The van der Waals surface area contributed by atoms with E-state index in [0.717, 1.165) is 41.9 Å². The van der Waals surface area contributed by atoms with E-state index < -0.39 is 0 Å². The minimum Gasteiger partial charge on any atom is -0.323 e. The Hall–Kier alpha value is -2.86. The summed E-state index contributed by atoms with van der Waals surface area (Å²) in [5, 5.41) is 3.00. The molecule has 0 aliphatic carbocycles. The molecule has 26 heavy (non-hydrogen) atoms. The summed E-state index contributed by atoms with van der Waals surface area (Å²) in [7, 11) is 4.12. The highest BCUT2D eigenvalue weighted by Gasteiger charge is 2.27. The molecule has 0 unspecified atom stereocenters. The topological polar surface area (TPSA) is 53.4 Å². The first-order valence-electron chi connectivity index (χ1n) is 8.87. The molecule has 0 spiro atoms. The number of carbonyl (C=O) groups excluding carboxylic acids is 1. The third kappa shape index (κ3) is 3.15. The number of aromatic nitrogens is 2. The van der Waals surface area contributed by atoms with E-state index in [9.17, 15) is 4.79 Å². The SMILES string of the molecule is CN(C)[C@H]1CCN(C(=O)Nc2ccc(-n3cnc4ccccc43)cc2)C1. The van der Waals surface area contributed by atoms with Gasteiger partial charge in [-0.05, 0) is 56.9 Å². The number of amides is 2. The maximum atomic E-state index is 12.5. The molecule has 1 atom stereocenters. The number of likely N-dealkylation sites (tertiary alicyclic amines) is 1. The van der Waals surface area contributed by atoms with Crippen molar-refractivity contribution in [3.8, 4) is 5.69 Å². The number of likely N-dealkylation sites (N-methyl/N-ethyl adjacent to an activating group) is 1. The second-order valence-electron chi connectivity index (χ2n) is 6.93. The molecule has 1 N–H and O–H groups in total. The predicted octanol–water partition coefficient (Wildman–Crippen LogP) is 3.19. The van der Waals surface area contributed by atoms with Crippen LogP contribution < -0.4 is 5.32 Å². The van der Waals surface area contributed by atoms with Gasteiger partial charge in [0.1, 0.15) is 6.33 Å². The number of nitrogens with zero attached hydrogens (tertiary/aromatic N) is 4. The average molecular weight is 349 g/mol. The minimum absolute atomic E-state index is 0.0322. The van der Waals surface area contributed by atoms with E-state index in [2.05, 4.69) is 29.3 Å². The Labute approximate surface area is 153 Å². The summed E-state index contributed by atoms with van der Waals surface area (Å²) in [6.07, 6.45) is 2.84. The van der Waals surface area contributed by atoms with E-state index in [4.69, 9.17) is 0 Å². The zero-order valence-electron chi connectivity index (χ0n) is 15.1.